The van der Waals surface area contributed by atoms with Gasteiger partial charge in [-0.3, -0.25) is 9.59 Å². The van der Waals surface area contributed by atoms with Crippen LogP contribution in [-0.4, -0.2) is 12.6 Å². The molecule has 0 bridgehead atoms. The standard InChI is InChI=1S/C20H13BrO2/c21-20-18(16-8-4-14(12-22)5-9-16)2-1-3-19(20)17-10-6-15(13-23)7-11-17/h1-13H. The maximum absolute atomic E-state index is 10.8. The first-order chi connectivity index (χ1) is 11.2. The number of hydrogen-bond donors (Lipinski definition) is 0. The Morgan fingerprint density at radius 3 is 1.35 bits per heavy atom. The molecular formula is C20H13BrO2. The Labute approximate surface area is 142 Å². The van der Waals surface area contributed by atoms with Crippen molar-refractivity contribution in [3.8, 4) is 22.3 Å². The number of aldehydes is 2. The Bertz CT molecular complexity index is 780. The fraction of sp³-hybridized carbons (Fsp3) is 0. The molecule has 0 aliphatic heterocycles. The molecular weight excluding hydrogens is 352 g/mol. The Balaban J connectivity index is 2.06. The van der Waals surface area contributed by atoms with E-state index in [1.165, 1.54) is 0 Å². The van der Waals surface area contributed by atoms with Crippen LogP contribution in [0.25, 0.3) is 22.3 Å². The van der Waals surface area contributed by atoms with Crippen molar-refractivity contribution in [1.29, 1.82) is 0 Å². The summed E-state index contributed by atoms with van der Waals surface area (Å²) in [6.07, 6.45) is 1.67. The normalized spacial score (nSPS) is 10.3. The van der Waals surface area contributed by atoms with Gasteiger partial charge in [0.15, 0.2) is 0 Å². The highest BCUT2D eigenvalue weighted by atomic mass is 79.9. The average molecular weight is 365 g/mol. The highest BCUT2D eigenvalue weighted by Crippen LogP contribution is 2.36. The third kappa shape index (κ3) is 3.15. The van der Waals surface area contributed by atoms with E-state index in [0.717, 1.165) is 39.3 Å². The summed E-state index contributed by atoms with van der Waals surface area (Å²) in [5.74, 6) is 0. The van der Waals surface area contributed by atoms with Crippen molar-refractivity contribution in [2.24, 2.45) is 0 Å². The van der Waals surface area contributed by atoms with Crippen molar-refractivity contribution < 1.29 is 9.59 Å². The van der Waals surface area contributed by atoms with Gasteiger partial charge in [-0.2, -0.15) is 0 Å². The summed E-state index contributed by atoms with van der Waals surface area (Å²) in [6, 6.07) is 21.0. The van der Waals surface area contributed by atoms with Gasteiger partial charge in [-0.25, -0.2) is 0 Å². The monoisotopic (exact) mass is 364 g/mol. The Hall–Kier alpha value is -2.52. The molecule has 0 atom stereocenters. The zero-order valence-electron chi connectivity index (χ0n) is 12.2. The Kier molecular flexibility index (Phi) is 4.49. The van der Waals surface area contributed by atoms with E-state index in [9.17, 15) is 9.59 Å². The molecule has 112 valence electrons. The van der Waals surface area contributed by atoms with Crippen LogP contribution in [0.1, 0.15) is 20.7 Å². The third-order valence-electron chi connectivity index (χ3n) is 3.71. The molecule has 0 heterocycles. The van der Waals surface area contributed by atoms with Gasteiger partial charge in [0.05, 0.1) is 0 Å². The van der Waals surface area contributed by atoms with Crippen LogP contribution in [0.4, 0.5) is 0 Å². The van der Waals surface area contributed by atoms with Gasteiger partial charge in [-0.05, 0) is 38.2 Å². The molecule has 0 amide bonds. The van der Waals surface area contributed by atoms with Crippen molar-refractivity contribution in [2.45, 2.75) is 0 Å². The maximum atomic E-state index is 10.8. The second-order valence-electron chi connectivity index (χ2n) is 5.15. The molecule has 0 unspecified atom stereocenters. The van der Waals surface area contributed by atoms with Crippen molar-refractivity contribution in [2.75, 3.05) is 0 Å². The second-order valence-corrected chi connectivity index (χ2v) is 5.94. The largest absolute Gasteiger partial charge is 0.298 e. The molecule has 2 nitrogen and oxygen atoms in total. The first-order valence-corrected chi connectivity index (χ1v) is 7.92. The van der Waals surface area contributed by atoms with Crippen LogP contribution in [0.15, 0.2) is 71.2 Å². The van der Waals surface area contributed by atoms with Crippen LogP contribution < -0.4 is 0 Å². The summed E-state index contributed by atoms with van der Waals surface area (Å²) in [7, 11) is 0. The lowest BCUT2D eigenvalue weighted by Crippen LogP contribution is -1.87. The van der Waals surface area contributed by atoms with Gasteiger partial charge in [0.2, 0.25) is 0 Å². The molecule has 3 aromatic carbocycles. The minimum atomic E-state index is 0.658. The molecule has 0 saturated heterocycles. The number of benzene rings is 3. The van der Waals surface area contributed by atoms with E-state index < -0.39 is 0 Å². The van der Waals surface area contributed by atoms with Crippen molar-refractivity contribution in [1.82, 2.24) is 0 Å². The minimum absolute atomic E-state index is 0.658. The molecule has 0 aliphatic carbocycles. The molecule has 0 N–H and O–H groups in total. The van der Waals surface area contributed by atoms with Crippen molar-refractivity contribution >= 4 is 28.5 Å². The van der Waals surface area contributed by atoms with Crippen LogP contribution in [0.5, 0.6) is 0 Å². The molecule has 0 aromatic heterocycles. The van der Waals surface area contributed by atoms with Crippen LogP contribution >= 0.6 is 15.9 Å². The zero-order chi connectivity index (χ0) is 16.2. The summed E-state index contributed by atoms with van der Waals surface area (Å²) in [5, 5.41) is 0. The predicted molar refractivity (Wildman–Crippen MR) is 95.8 cm³/mol. The Morgan fingerprint density at radius 2 is 1.00 bits per heavy atom. The van der Waals surface area contributed by atoms with Crippen LogP contribution in [-0.2, 0) is 0 Å². The van der Waals surface area contributed by atoms with E-state index >= 15 is 0 Å². The minimum Gasteiger partial charge on any atom is -0.298 e. The van der Waals surface area contributed by atoms with Gasteiger partial charge in [0.25, 0.3) is 0 Å². The number of halogens is 1. The quantitative estimate of drug-likeness (QED) is 0.580. The van der Waals surface area contributed by atoms with Crippen LogP contribution in [0.3, 0.4) is 0 Å². The number of carbonyl (C=O) groups excluding carboxylic acids is 2. The smallest absolute Gasteiger partial charge is 0.150 e. The molecule has 23 heavy (non-hydrogen) atoms. The lowest BCUT2D eigenvalue weighted by Gasteiger charge is -2.11. The summed E-state index contributed by atoms with van der Waals surface area (Å²) in [6.45, 7) is 0. The number of carbonyl (C=O) groups is 2. The van der Waals surface area contributed by atoms with E-state index in [1.54, 1.807) is 24.3 Å². The highest BCUT2D eigenvalue weighted by Gasteiger charge is 2.09. The molecule has 3 rings (SSSR count). The topological polar surface area (TPSA) is 34.1 Å². The van der Waals surface area contributed by atoms with Gasteiger partial charge in [0.1, 0.15) is 12.6 Å². The van der Waals surface area contributed by atoms with Gasteiger partial charge in [-0.1, -0.05) is 66.7 Å². The summed E-state index contributed by atoms with van der Waals surface area (Å²) < 4.78 is 0.984. The number of rotatable bonds is 4. The second kappa shape index (κ2) is 6.71. The lowest BCUT2D eigenvalue weighted by atomic mass is 9.98. The zero-order valence-corrected chi connectivity index (χ0v) is 13.8. The van der Waals surface area contributed by atoms with E-state index in [-0.39, 0.29) is 0 Å². The molecule has 0 spiro atoms. The predicted octanol–water partition coefficient (Wildman–Crippen LogP) is 5.41. The van der Waals surface area contributed by atoms with E-state index in [4.69, 9.17) is 0 Å². The van der Waals surface area contributed by atoms with E-state index in [0.29, 0.717) is 11.1 Å². The first kappa shape index (κ1) is 15.4. The fourth-order valence-electron chi connectivity index (χ4n) is 2.46. The highest BCUT2D eigenvalue weighted by molar-refractivity contribution is 9.10. The van der Waals surface area contributed by atoms with E-state index in [2.05, 4.69) is 15.9 Å². The summed E-state index contributed by atoms with van der Waals surface area (Å²) >= 11 is 3.69. The van der Waals surface area contributed by atoms with E-state index in [1.807, 2.05) is 42.5 Å². The van der Waals surface area contributed by atoms with Gasteiger partial charge >= 0.3 is 0 Å². The van der Waals surface area contributed by atoms with Crippen LogP contribution in [0, 0.1) is 0 Å². The third-order valence-corrected chi connectivity index (χ3v) is 4.57. The fourth-order valence-corrected chi connectivity index (χ4v) is 3.18. The molecule has 0 aliphatic rings. The van der Waals surface area contributed by atoms with Gasteiger partial charge in [0, 0.05) is 15.6 Å². The molecule has 0 fully saturated rings. The molecule has 0 saturated carbocycles. The van der Waals surface area contributed by atoms with Crippen LogP contribution in [0.2, 0.25) is 0 Å². The first-order valence-electron chi connectivity index (χ1n) is 7.12. The van der Waals surface area contributed by atoms with Gasteiger partial charge in [-0.15, -0.1) is 0 Å². The van der Waals surface area contributed by atoms with Crippen molar-refractivity contribution in [3.05, 3.63) is 82.3 Å². The summed E-state index contributed by atoms with van der Waals surface area (Å²) in [5.41, 5.74) is 5.50. The molecule has 3 heteroatoms. The SMILES string of the molecule is O=Cc1ccc(-c2cccc(-c3ccc(C=O)cc3)c2Br)cc1. The average Bonchev–Trinajstić information content (AvgIpc) is 2.62. The Morgan fingerprint density at radius 1 is 0.609 bits per heavy atom. The lowest BCUT2D eigenvalue weighted by molar-refractivity contribution is 0.111. The molecule has 0 radical (unpaired) electrons. The van der Waals surface area contributed by atoms with Crippen molar-refractivity contribution in [3.63, 3.8) is 0 Å². The maximum Gasteiger partial charge on any atom is 0.150 e. The summed E-state index contributed by atoms with van der Waals surface area (Å²) in [4.78, 5) is 21.6. The van der Waals surface area contributed by atoms with Gasteiger partial charge < -0.3 is 0 Å². The number of hydrogen-bond acceptors (Lipinski definition) is 2. The molecule has 3 aromatic rings.